The maximum absolute atomic E-state index is 9.86. The number of aromatic nitrogens is 2. The van der Waals surface area contributed by atoms with E-state index in [0.29, 0.717) is 22.6 Å². The van der Waals surface area contributed by atoms with E-state index in [1.165, 1.54) is 0 Å². The summed E-state index contributed by atoms with van der Waals surface area (Å²) in [6.45, 7) is 12.7. The van der Waals surface area contributed by atoms with E-state index in [4.69, 9.17) is 4.11 Å². The van der Waals surface area contributed by atoms with Gasteiger partial charge in [-0.05, 0) is 151 Å². The van der Waals surface area contributed by atoms with Crippen molar-refractivity contribution in [1.29, 1.82) is 0 Å². The highest BCUT2D eigenvalue weighted by molar-refractivity contribution is 7.26. The predicted molar refractivity (Wildman–Crippen MR) is 421 cm³/mol. The molecule has 5 heterocycles. The normalized spacial score (nSPS) is 14.8. The number of fused-ring (bicyclic) bond motifs is 13. The molecule has 0 saturated heterocycles. The molecule has 14 aromatic carbocycles. The summed E-state index contributed by atoms with van der Waals surface area (Å²) in [5, 5.41) is 3.79. The molecule has 0 radical (unpaired) electrons. The Labute approximate surface area is 594 Å². The molecule has 0 aliphatic carbocycles. The zero-order valence-corrected chi connectivity index (χ0v) is 55.5. The third kappa shape index (κ3) is 8.97. The smallest absolute Gasteiger partial charge is 0.252 e. The number of para-hydroxylation sites is 4. The summed E-state index contributed by atoms with van der Waals surface area (Å²) >= 11 is 1.70. The van der Waals surface area contributed by atoms with Crippen molar-refractivity contribution in [2.24, 2.45) is 0 Å². The van der Waals surface area contributed by atoms with Gasteiger partial charge in [0.25, 0.3) is 6.71 Å². The molecule has 0 fully saturated rings. The molecular weight excluding hydrogens is 1200 g/mol. The van der Waals surface area contributed by atoms with Crippen LogP contribution in [0.15, 0.2) is 309 Å². The maximum Gasteiger partial charge on any atom is 0.252 e. The molecule has 6 heteroatoms. The van der Waals surface area contributed by atoms with Crippen LogP contribution in [0.3, 0.4) is 0 Å². The minimum absolute atomic E-state index is 0.0181. The van der Waals surface area contributed by atoms with Crippen molar-refractivity contribution in [2.75, 3.05) is 9.80 Å². The van der Waals surface area contributed by atoms with E-state index in [2.05, 4.69) is 232 Å². The Balaban J connectivity index is 1.06. The van der Waals surface area contributed by atoms with Crippen LogP contribution in [0.25, 0.3) is 120 Å². The first kappa shape index (κ1) is 45.9. The van der Waals surface area contributed by atoms with Crippen molar-refractivity contribution in [3.05, 3.63) is 320 Å². The van der Waals surface area contributed by atoms with Gasteiger partial charge < -0.3 is 18.9 Å². The van der Waals surface area contributed by atoms with Gasteiger partial charge in [0.1, 0.15) is 0 Å². The molecule has 0 saturated carbocycles. The van der Waals surface area contributed by atoms with Crippen LogP contribution < -0.4 is 26.2 Å². The average Bonchev–Trinajstić information content (AvgIpc) is 1.67. The minimum Gasteiger partial charge on any atom is -0.310 e. The average molecular weight is 1290 g/mol. The number of hydrogen-bond donors (Lipinski definition) is 0. The van der Waals surface area contributed by atoms with Crippen molar-refractivity contribution in [1.82, 2.24) is 9.13 Å². The monoisotopic (exact) mass is 1290 g/mol. The zero-order valence-electron chi connectivity index (χ0n) is 67.7. The van der Waals surface area contributed by atoms with Gasteiger partial charge in [0.15, 0.2) is 0 Å². The van der Waals surface area contributed by atoms with E-state index in [-0.39, 0.29) is 50.3 Å². The summed E-state index contributed by atoms with van der Waals surface area (Å²) in [7, 11) is 0. The molecule has 98 heavy (non-hydrogen) atoms. The highest BCUT2D eigenvalue weighted by Gasteiger charge is 2.46. The number of nitrogens with zero attached hydrogens (tertiary/aromatic N) is 4. The van der Waals surface area contributed by atoms with Crippen LogP contribution in [0.5, 0.6) is 0 Å². The van der Waals surface area contributed by atoms with E-state index < -0.39 is 73.2 Å². The third-order valence-corrected chi connectivity index (χ3v) is 21.2. The van der Waals surface area contributed by atoms with Crippen LogP contribution in [0, 0.1) is 0 Å². The Bertz CT molecular complexity index is 6780. The van der Waals surface area contributed by atoms with E-state index in [0.717, 1.165) is 131 Å². The van der Waals surface area contributed by atoms with Crippen LogP contribution in [-0.2, 0) is 10.8 Å². The number of anilines is 6. The fraction of sp³-hybridized carbons (Fsp3) is 0.0870. The largest absolute Gasteiger partial charge is 0.310 e. The fourth-order valence-electron chi connectivity index (χ4n) is 15.5. The van der Waals surface area contributed by atoms with E-state index >= 15 is 0 Å². The Hall–Kier alpha value is -11.4. The molecular formula is C92H69BN4S. The molecule has 17 aromatic rings. The van der Waals surface area contributed by atoms with E-state index in [1.807, 2.05) is 54.6 Å². The number of benzene rings is 14. The van der Waals surface area contributed by atoms with Crippen molar-refractivity contribution in [3.8, 4) is 55.9 Å². The highest BCUT2D eigenvalue weighted by atomic mass is 32.1. The van der Waals surface area contributed by atoms with Gasteiger partial charge in [0.05, 0.1) is 51.3 Å². The van der Waals surface area contributed by atoms with Crippen molar-refractivity contribution < 1.29 is 17.8 Å². The van der Waals surface area contributed by atoms with Crippen molar-refractivity contribution in [3.63, 3.8) is 0 Å². The molecule has 0 spiro atoms. The maximum atomic E-state index is 9.86. The number of hydrogen-bond acceptors (Lipinski definition) is 3. The standard InChI is InChI=1S/C92H69BN4S/c1-91(2,3)64-51-62(52-65(56-64)92(4,5)6)63-54-82-88-83(55-63)97(90-69(60-31-15-9-16-32-60)46-50-85-87(90)73-38-22-26-42-84(73)98-85)81-57-67(95-76-39-23-19-35-70(76)71-36-20-24-40-77(71)95)44-48-75(81)93(88)74-47-43-61(58-27-11-7-12-28-58)53-80(74)96(82)89-68(59-29-13-8-14-30-59)45-49-79-86(89)72-37-21-25-41-78(72)94(79)66-33-17-10-18-34-66/h7-57H,1-6H3/i7D,11D,12D,19D,20D,23D,24D,27D,28D,35D,36D,39D,40D. The zero-order chi connectivity index (χ0) is 77.0. The van der Waals surface area contributed by atoms with Crippen LogP contribution in [-0.4, -0.2) is 15.8 Å². The summed E-state index contributed by atoms with van der Waals surface area (Å²) in [4.78, 5) is 4.79. The lowest BCUT2D eigenvalue weighted by atomic mass is 9.33. The molecule has 0 amide bonds. The molecule has 0 unspecified atom stereocenters. The summed E-state index contributed by atoms with van der Waals surface area (Å²) in [5.74, 6) is 0. The summed E-state index contributed by atoms with van der Waals surface area (Å²) < 4.78 is 128. The Morgan fingerprint density at radius 2 is 0.837 bits per heavy atom. The minimum atomic E-state index is -0.702. The first-order valence-electron chi connectivity index (χ1n) is 39.8. The first-order chi connectivity index (χ1) is 53.3. The second-order valence-corrected chi connectivity index (χ2v) is 28.9. The molecule has 0 atom stereocenters. The van der Waals surface area contributed by atoms with Gasteiger partial charge in [-0.25, -0.2) is 0 Å². The van der Waals surface area contributed by atoms with Crippen molar-refractivity contribution in [2.45, 2.75) is 52.4 Å². The van der Waals surface area contributed by atoms with Gasteiger partial charge in [0.2, 0.25) is 0 Å². The second-order valence-electron chi connectivity index (χ2n) is 27.8. The molecule has 4 nitrogen and oxygen atoms in total. The van der Waals surface area contributed by atoms with Crippen LogP contribution in [0.2, 0.25) is 0 Å². The predicted octanol–water partition coefficient (Wildman–Crippen LogP) is 23.6. The van der Waals surface area contributed by atoms with E-state index in [9.17, 15) is 13.7 Å². The second kappa shape index (κ2) is 22.1. The van der Waals surface area contributed by atoms with Gasteiger partial charge in [-0.2, -0.15) is 0 Å². The number of thiophene rings is 1. The summed E-state index contributed by atoms with van der Waals surface area (Å²) in [6.07, 6.45) is 0. The molecule has 2 aliphatic rings. The third-order valence-electron chi connectivity index (χ3n) is 20.1. The Morgan fingerprint density at radius 3 is 1.48 bits per heavy atom. The van der Waals surface area contributed by atoms with Gasteiger partial charge in [0, 0.05) is 87.0 Å². The molecule has 466 valence electrons. The molecule has 2 aliphatic heterocycles. The lowest BCUT2D eigenvalue weighted by molar-refractivity contribution is 0.569. The van der Waals surface area contributed by atoms with Crippen LogP contribution in [0.4, 0.5) is 34.1 Å². The van der Waals surface area contributed by atoms with Crippen LogP contribution in [0.1, 0.15) is 70.5 Å². The summed E-state index contributed by atoms with van der Waals surface area (Å²) in [5.41, 5.74) is 17.7. The molecule has 19 rings (SSSR count). The Kier molecular flexibility index (Phi) is 10.3. The van der Waals surface area contributed by atoms with E-state index in [1.54, 1.807) is 15.9 Å². The van der Waals surface area contributed by atoms with Gasteiger partial charge >= 0.3 is 0 Å². The topological polar surface area (TPSA) is 16.3 Å². The van der Waals surface area contributed by atoms with Gasteiger partial charge in [-0.3, -0.25) is 0 Å². The van der Waals surface area contributed by atoms with Crippen LogP contribution >= 0.6 is 11.3 Å². The Morgan fingerprint density at radius 1 is 0.327 bits per heavy atom. The first-order valence-corrected chi connectivity index (χ1v) is 34.1. The molecule has 0 bridgehead atoms. The number of rotatable bonds is 8. The lowest BCUT2D eigenvalue weighted by Crippen LogP contribution is -2.61. The molecule has 3 aromatic heterocycles. The van der Waals surface area contributed by atoms with Gasteiger partial charge in [-0.15, -0.1) is 11.3 Å². The SMILES string of the molecule is [2H]c1c([2H])c([2H])c(-c2ccc3c(c2)N(c2c(-c4ccccc4)ccc4c2c2ccccc2n4-c2ccccc2)c2cc(-c4cc(C(C)(C)C)cc(C(C)(C)C)c4)cc4c2B3c2ccc(-n3c5c([2H])c([2H])c([2H])c([2H])c5c5c([2H])c([2H])c([2H])c([2H])c53)cc2N4c2c(-c3ccccc3)ccc3sc4ccccc4c23)c([2H])c1[2H]. The lowest BCUT2D eigenvalue weighted by Gasteiger charge is -2.45. The van der Waals surface area contributed by atoms with Gasteiger partial charge in [-0.1, -0.05) is 272 Å². The van der Waals surface area contributed by atoms with Crippen molar-refractivity contribution >= 4 is 132 Å². The summed E-state index contributed by atoms with van der Waals surface area (Å²) in [6, 6.07) is 74.4. The fourth-order valence-corrected chi connectivity index (χ4v) is 16.6. The quantitative estimate of drug-likeness (QED) is 0.141. The highest BCUT2D eigenvalue weighted by Crippen LogP contribution is 2.56. The molecule has 0 N–H and O–H groups in total.